The van der Waals surface area contributed by atoms with Gasteiger partial charge in [0.25, 0.3) is 0 Å². The number of hydrogen-bond acceptors (Lipinski definition) is 6. The van der Waals surface area contributed by atoms with E-state index in [0.29, 0.717) is 36.7 Å². The summed E-state index contributed by atoms with van der Waals surface area (Å²) in [5, 5.41) is 19.0. The van der Waals surface area contributed by atoms with Gasteiger partial charge in [-0.3, -0.25) is 9.78 Å². The van der Waals surface area contributed by atoms with Crippen molar-refractivity contribution in [1.82, 2.24) is 30.1 Å². The molecule has 0 aliphatic carbocycles. The number of anilines is 1. The molecular formula is C18H23N7O. The quantitative estimate of drug-likeness (QED) is 0.643. The number of pyridine rings is 1. The normalized spacial score (nSPS) is 12.1. The number of nitrogens with one attached hydrogen (secondary N) is 2. The number of carbonyl (C=O) groups is 1. The van der Waals surface area contributed by atoms with E-state index in [-0.39, 0.29) is 11.9 Å². The molecule has 8 nitrogen and oxygen atoms in total. The summed E-state index contributed by atoms with van der Waals surface area (Å²) in [4.78, 5) is 16.1. The Labute approximate surface area is 152 Å². The Morgan fingerprint density at radius 2 is 2.15 bits per heavy atom. The summed E-state index contributed by atoms with van der Waals surface area (Å²) in [6.07, 6.45) is 5.32. The second-order valence-corrected chi connectivity index (χ2v) is 6.20. The first-order valence-corrected chi connectivity index (χ1v) is 8.79. The molecule has 0 fully saturated rings. The Bertz CT molecular complexity index is 862. The Morgan fingerprint density at radius 1 is 1.27 bits per heavy atom. The van der Waals surface area contributed by atoms with Crippen molar-refractivity contribution < 1.29 is 4.79 Å². The highest BCUT2D eigenvalue weighted by Crippen LogP contribution is 2.10. The van der Waals surface area contributed by atoms with Gasteiger partial charge in [0.1, 0.15) is 5.82 Å². The van der Waals surface area contributed by atoms with Crippen LogP contribution in [0, 0.1) is 0 Å². The Hall–Kier alpha value is -3.03. The highest BCUT2D eigenvalue weighted by molar-refractivity contribution is 5.76. The fourth-order valence-corrected chi connectivity index (χ4v) is 2.45. The van der Waals surface area contributed by atoms with Gasteiger partial charge in [-0.05, 0) is 37.1 Å². The summed E-state index contributed by atoms with van der Waals surface area (Å²) < 4.78 is 1.68. The van der Waals surface area contributed by atoms with Crippen LogP contribution in [0.2, 0.25) is 0 Å². The van der Waals surface area contributed by atoms with E-state index in [0.717, 1.165) is 12.0 Å². The first kappa shape index (κ1) is 17.8. The maximum Gasteiger partial charge on any atom is 0.220 e. The molecule has 3 heterocycles. The molecule has 3 aromatic rings. The van der Waals surface area contributed by atoms with E-state index < -0.39 is 0 Å². The van der Waals surface area contributed by atoms with Gasteiger partial charge < -0.3 is 10.6 Å². The fraction of sp³-hybridized carbons (Fsp3) is 0.389. The summed E-state index contributed by atoms with van der Waals surface area (Å²) in [5.41, 5.74) is 1.73. The third-order valence-electron chi connectivity index (χ3n) is 4.12. The van der Waals surface area contributed by atoms with Crippen LogP contribution in [0.5, 0.6) is 0 Å². The maximum atomic E-state index is 12.0. The number of carbonyl (C=O) groups excluding carboxylic acids is 1. The summed E-state index contributed by atoms with van der Waals surface area (Å²) in [5.74, 6) is 1.40. The molecule has 0 saturated heterocycles. The van der Waals surface area contributed by atoms with E-state index in [1.54, 1.807) is 10.7 Å². The Balaban J connectivity index is 1.65. The standard InChI is InChI=1S/C18H23N7O/c1-3-13(2)21-18(26)9-8-17-23-22-16-7-6-15(24-25(16)17)20-12-14-5-4-10-19-11-14/h4-7,10-11,13H,3,8-9,12H2,1-2H3,(H,20,24)(H,21,26)/t13-/m0/s1. The summed E-state index contributed by atoms with van der Waals surface area (Å²) in [6.45, 7) is 4.66. The molecule has 0 saturated carbocycles. The van der Waals surface area contributed by atoms with Gasteiger partial charge in [0.15, 0.2) is 11.5 Å². The van der Waals surface area contributed by atoms with Crippen molar-refractivity contribution in [2.24, 2.45) is 0 Å². The van der Waals surface area contributed by atoms with Gasteiger partial charge in [-0.15, -0.1) is 15.3 Å². The SMILES string of the molecule is CC[C@H](C)NC(=O)CCc1nnc2ccc(NCc3cccnc3)nn12. The second kappa shape index (κ2) is 8.37. The van der Waals surface area contributed by atoms with E-state index in [2.05, 4.69) is 30.9 Å². The first-order valence-electron chi connectivity index (χ1n) is 8.79. The van der Waals surface area contributed by atoms with Crippen LogP contribution in [0.15, 0.2) is 36.7 Å². The number of aromatic nitrogens is 5. The van der Waals surface area contributed by atoms with Crippen molar-refractivity contribution in [3.63, 3.8) is 0 Å². The molecule has 26 heavy (non-hydrogen) atoms. The third-order valence-corrected chi connectivity index (χ3v) is 4.12. The van der Waals surface area contributed by atoms with Crippen molar-refractivity contribution in [2.75, 3.05) is 5.32 Å². The van der Waals surface area contributed by atoms with Gasteiger partial charge in [0, 0.05) is 37.8 Å². The van der Waals surface area contributed by atoms with Crippen molar-refractivity contribution in [3.8, 4) is 0 Å². The molecule has 0 radical (unpaired) electrons. The van der Waals surface area contributed by atoms with Gasteiger partial charge in [-0.2, -0.15) is 4.52 Å². The summed E-state index contributed by atoms with van der Waals surface area (Å²) >= 11 is 0. The lowest BCUT2D eigenvalue weighted by Gasteiger charge is -2.10. The largest absolute Gasteiger partial charge is 0.364 e. The molecule has 8 heteroatoms. The van der Waals surface area contributed by atoms with E-state index in [1.807, 2.05) is 44.3 Å². The zero-order valence-corrected chi connectivity index (χ0v) is 15.0. The van der Waals surface area contributed by atoms with Gasteiger partial charge in [0.2, 0.25) is 5.91 Å². The van der Waals surface area contributed by atoms with Crippen LogP contribution in [-0.4, -0.2) is 36.7 Å². The first-order chi connectivity index (χ1) is 12.7. The molecule has 0 spiro atoms. The molecule has 0 aliphatic rings. The zero-order valence-electron chi connectivity index (χ0n) is 15.0. The van der Waals surface area contributed by atoms with Gasteiger partial charge in [-0.1, -0.05) is 13.0 Å². The molecule has 0 aliphatic heterocycles. The average molecular weight is 353 g/mol. The van der Waals surface area contributed by atoms with Crippen molar-refractivity contribution in [1.29, 1.82) is 0 Å². The molecule has 2 N–H and O–H groups in total. The van der Waals surface area contributed by atoms with Crippen LogP contribution in [-0.2, 0) is 17.8 Å². The molecule has 0 aromatic carbocycles. The average Bonchev–Trinajstić information content (AvgIpc) is 3.07. The minimum absolute atomic E-state index is 0.0157. The number of nitrogens with zero attached hydrogens (tertiary/aromatic N) is 5. The van der Waals surface area contributed by atoms with E-state index in [1.165, 1.54) is 0 Å². The number of amides is 1. The van der Waals surface area contributed by atoms with Crippen molar-refractivity contribution in [3.05, 3.63) is 48.0 Å². The highest BCUT2D eigenvalue weighted by Gasteiger charge is 2.11. The van der Waals surface area contributed by atoms with Crippen molar-refractivity contribution >= 4 is 17.4 Å². The molecule has 3 aromatic heterocycles. The molecule has 3 rings (SSSR count). The lowest BCUT2D eigenvalue weighted by Crippen LogP contribution is -2.32. The number of rotatable bonds is 8. The van der Waals surface area contributed by atoms with Crippen molar-refractivity contribution in [2.45, 2.75) is 45.7 Å². The molecule has 1 amide bonds. The van der Waals surface area contributed by atoms with E-state index in [4.69, 9.17) is 0 Å². The monoisotopic (exact) mass is 353 g/mol. The lowest BCUT2D eigenvalue weighted by atomic mass is 10.2. The van der Waals surface area contributed by atoms with E-state index in [9.17, 15) is 4.79 Å². The molecular weight excluding hydrogens is 330 g/mol. The van der Waals surface area contributed by atoms with Gasteiger partial charge in [-0.25, -0.2) is 0 Å². The number of hydrogen-bond donors (Lipinski definition) is 2. The Kier molecular flexibility index (Phi) is 5.73. The van der Waals surface area contributed by atoms with Crippen LogP contribution in [0.25, 0.3) is 5.65 Å². The molecule has 0 bridgehead atoms. The topological polar surface area (TPSA) is 97.1 Å². The Morgan fingerprint density at radius 3 is 2.92 bits per heavy atom. The predicted molar refractivity (Wildman–Crippen MR) is 98.6 cm³/mol. The third kappa shape index (κ3) is 4.53. The van der Waals surface area contributed by atoms with Crippen LogP contribution in [0.4, 0.5) is 5.82 Å². The number of fused-ring (bicyclic) bond motifs is 1. The summed E-state index contributed by atoms with van der Waals surface area (Å²) in [7, 11) is 0. The minimum atomic E-state index is 0.0157. The van der Waals surface area contributed by atoms with Crippen LogP contribution >= 0.6 is 0 Å². The second-order valence-electron chi connectivity index (χ2n) is 6.20. The smallest absolute Gasteiger partial charge is 0.220 e. The van der Waals surface area contributed by atoms with Crippen LogP contribution < -0.4 is 10.6 Å². The fourth-order valence-electron chi connectivity index (χ4n) is 2.45. The minimum Gasteiger partial charge on any atom is -0.364 e. The van der Waals surface area contributed by atoms with Gasteiger partial charge >= 0.3 is 0 Å². The number of aryl methyl sites for hydroxylation is 1. The van der Waals surface area contributed by atoms with Crippen LogP contribution in [0.1, 0.15) is 38.1 Å². The molecule has 136 valence electrons. The van der Waals surface area contributed by atoms with Gasteiger partial charge in [0.05, 0.1) is 0 Å². The molecule has 0 unspecified atom stereocenters. The lowest BCUT2D eigenvalue weighted by molar-refractivity contribution is -0.121. The molecule has 1 atom stereocenters. The highest BCUT2D eigenvalue weighted by atomic mass is 16.1. The predicted octanol–water partition coefficient (Wildman–Crippen LogP) is 1.98. The van der Waals surface area contributed by atoms with Crippen LogP contribution in [0.3, 0.4) is 0 Å². The zero-order chi connectivity index (χ0) is 18.4. The maximum absolute atomic E-state index is 12.0. The summed E-state index contributed by atoms with van der Waals surface area (Å²) in [6, 6.07) is 7.79. The van der Waals surface area contributed by atoms with E-state index >= 15 is 0 Å².